The maximum absolute atomic E-state index is 2.42. The first-order chi connectivity index (χ1) is 32.7. The van der Waals surface area contributed by atoms with Crippen LogP contribution in [0.3, 0.4) is 0 Å². The smallest absolute Gasteiger partial charge is 0.0540 e. The zero-order valence-electron chi connectivity index (χ0n) is 36.2. The van der Waals surface area contributed by atoms with Crippen LogP contribution in [-0.4, -0.2) is 0 Å². The van der Waals surface area contributed by atoms with Crippen molar-refractivity contribution in [1.29, 1.82) is 0 Å². The Morgan fingerprint density at radius 3 is 1.36 bits per heavy atom. The van der Waals surface area contributed by atoms with Gasteiger partial charge in [0.2, 0.25) is 0 Å². The largest absolute Gasteiger partial charge is 0.310 e. The van der Waals surface area contributed by atoms with Crippen molar-refractivity contribution >= 4 is 59.3 Å². The van der Waals surface area contributed by atoms with Gasteiger partial charge in [0, 0.05) is 37.1 Å². The van der Waals surface area contributed by atoms with Gasteiger partial charge in [0.05, 0.1) is 5.69 Å². The Kier molecular flexibility index (Phi) is 10.1. The van der Waals surface area contributed by atoms with Crippen LogP contribution in [0.2, 0.25) is 0 Å². The summed E-state index contributed by atoms with van der Waals surface area (Å²) in [4.78, 5) is 2.42. The SMILES string of the molecule is c1ccc(-c2ccccc2-c2ccccc2-c2ccccc2N(c2ccc(-c3ccc(-c4ccc5ccccc5c4)cc3)cc2)c2ccc(-c3ccc4sc5ccccc5c4c3)cc2)cc1. The van der Waals surface area contributed by atoms with Gasteiger partial charge in [0.25, 0.3) is 0 Å². The van der Waals surface area contributed by atoms with E-state index in [1.54, 1.807) is 0 Å². The molecule has 0 aliphatic rings. The van der Waals surface area contributed by atoms with Crippen molar-refractivity contribution in [1.82, 2.24) is 0 Å². The molecule has 11 aromatic carbocycles. The highest BCUT2D eigenvalue weighted by molar-refractivity contribution is 7.25. The number of nitrogens with zero attached hydrogens (tertiary/aromatic N) is 1. The Morgan fingerprint density at radius 2 is 0.682 bits per heavy atom. The van der Waals surface area contributed by atoms with E-state index in [-0.39, 0.29) is 0 Å². The average Bonchev–Trinajstić information content (AvgIpc) is 3.78. The quantitative estimate of drug-likeness (QED) is 0.140. The van der Waals surface area contributed by atoms with E-state index in [1.807, 2.05) is 11.3 Å². The molecule has 12 aromatic rings. The van der Waals surface area contributed by atoms with Crippen molar-refractivity contribution in [3.8, 4) is 66.8 Å². The second kappa shape index (κ2) is 17.0. The van der Waals surface area contributed by atoms with E-state index < -0.39 is 0 Å². The number of hydrogen-bond acceptors (Lipinski definition) is 2. The maximum atomic E-state index is 2.42. The van der Waals surface area contributed by atoms with Crippen molar-refractivity contribution in [2.75, 3.05) is 4.90 Å². The maximum Gasteiger partial charge on any atom is 0.0540 e. The molecule has 2 heteroatoms. The number of benzene rings is 11. The van der Waals surface area contributed by atoms with Gasteiger partial charge in [-0.25, -0.2) is 0 Å². The van der Waals surface area contributed by atoms with Crippen molar-refractivity contribution in [3.05, 3.63) is 261 Å². The van der Waals surface area contributed by atoms with E-state index in [9.17, 15) is 0 Å². The van der Waals surface area contributed by atoms with Gasteiger partial charge in [-0.05, 0) is 127 Å². The zero-order valence-corrected chi connectivity index (χ0v) is 37.0. The summed E-state index contributed by atoms with van der Waals surface area (Å²) in [5, 5.41) is 5.14. The zero-order chi connectivity index (χ0) is 43.8. The molecule has 0 saturated carbocycles. The van der Waals surface area contributed by atoms with E-state index in [1.165, 1.54) is 92.1 Å². The topological polar surface area (TPSA) is 3.24 Å². The fourth-order valence-electron chi connectivity index (χ4n) is 9.60. The molecule has 0 amide bonds. The Balaban J connectivity index is 0.950. The molecule has 1 nitrogen and oxygen atoms in total. The van der Waals surface area contributed by atoms with E-state index in [2.05, 4.69) is 266 Å². The fourth-order valence-corrected chi connectivity index (χ4v) is 10.7. The minimum atomic E-state index is 1.08. The predicted molar refractivity (Wildman–Crippen MR) is 284 cm³/mol. The van der Waals surface area contributed by atoms with Gasteiger partial charge in [-0.2, -0.15) is 0 Å². The van der Waals surface area contributed by atoms with Crippen LogP contribution in [-0.2, 0) is 0 Å². The first-order valence-electron chi connectivity index (χ1n) is 22.6. The molecule has 12 rings (SSSR count). The highest BCUT2D eigenvalue weighted by Gasteiger charge is 2.21. The van der Waals surface area contributed by atoms with Crippen molar-refractivity contribution < 1.29 is 0 Å². The summed E-state index contributed by atoms with van der Waals surface area (Å²) < 4.78 is 2.64. The summed E-state index contributed by atoms with van der Waals surface area (Å²) in [5.74, 6) is 0. The molecular weight excluding hydrogens is 815 g/mol. The van der Waals surface area contributed by atoms with Crippen molar-refractivity contribution in [2.45, 2.75) is 0 Å². The van der Waals surface area contributed by atoms with E-state index >= 15 is 0 Å². The van der Waals surface area contributed by atoms with Gasteiger partial charge in [0.15, 0.2) is 0 Å². The molecule has 0 radical (unpaired) electrons. The molecule has 0 saturated heterocycles. The first-order valence-corrected chi connectivity index (χ1v) is 23.4. The number of fused-ring (bicyclic) bond motifs is 4. The minimum absolute atomic E-state index is 1.08. The lowest BCUT2D eigenvalue weighted by molar-refractivity contribution is 1.28. The molecule has 0 aliphatic carbocycles. The van der Waals surface area contributed by atoms with Crippen LogP contribution >= 0.6 is 11.3 Å². The summed E-state index contributed by atoms with van der Waals surface area (Å²) in [7, 11) is 0. The fraction of sp³-hybridized carbons (Fsp3) is 0. The number of rotatable bonds is 9. The highest BCUT2D eigenvalue weighted by Crippen LogP contribution is 2.46. The second-order valence-electron chi connectivity index (χ2n) is 16.9. The molecule has 1 aromatic heterocycles. The summed E-state index contributed by atoms with van der Waals surface area (Å²) >= 11 is 1.86. The Morgan fingerprint density at radius 1 is 0.242 bits per heavy atom. The van der Waals surface area contributed by atoms with Crippen LogP contribution < -0.4 is 4.90 Å². The second-order valence-corrected chi connectivity index (χ2v) is 17.9. The van der Waals surface area contributed by atoms with Crippen LogP contribution in [0.25, 0.3) is 97.7 Å². The van der Waals surface area contributed by atoms with Gasteiger partial charge >= 0.3 is 0 Å². The predicted octanol–water partition coefficient (Wildman–Crippen LogP) is 18.7. The molecule has 66 heavy (non-hydrogen) atoms. The third-order valence-electron chi connectivity index (χ3n) is 12.9. The molecule has 0 bridgehead atoms. The third kappa shape index (κ3) is 7.34. The number of para-hydroxylation sites is 1. The van der Waals surface area contributed by atoms with Crippen molar-refractivity contribution in [2.24, 2.45) is 0 Å². The van der Waals surface area contributed by atoms with E-state index in [0.717, 1.165) is 22.6 Å². The molecule has 0 aliphatic heterocycles. The van der Waals surface area contributed by atoms with Gasteiger partial charge in [-0.1, -0.05) is 206 Å². The van der Waals surface area contributed by atoms with Crippen LogP contribution in [0.4, 0.5) is 17.1 Å². The highest BCUT2D eigenvalue weighted by atomic mass is 32.1. The normalized spacial score (nSPS) is 11.3. The summed E-state index contributed by atoms with van der Waals surface area (Å²) in [5.41, 5.74) is 17.6. The Hall–Kier alpha value is -8.30. The lowest BCUT2D eigenvalue weighted by Crippen LogP contribution is -2.11. The number of hydrogen-bond donors (Lipinski definition) is 0. The van der Waals surface area contributed by atoms with E-state index in [4.69, 9.17) is 0 Å². The molecule has 0 unspecified atom stereocenters. The lowest BCUT2D eigenvalue weighted by atomic mass is 9.88. The van der Waals surface area contributed by atoms with Crippen LogP contribution in [0.5, 0.6) is 0 Å². The monoisotopic (exact) mass is 857 g/mol. The molecular formula is C64H43NS. The van der Waals surface area contributed by atoms with Gasteiger partial charge in [-0.15, -0.1) is 11.3 Å². The van der Waals surface area contributed by atoms with Crippen LogP contribution in [0, 0.1) is 0 Å². The minimum Gasteiger partial charge on any atom is -0.310 e. The molecule has 0 spiro atoms. The third-order valence-corrected chi connectivity index (χ3v) is 14.1. The summed E-state index contributed by atoms with van der Waals surface area (Å²) in [6.07, 6.45) is 0. The molecule has 0 fully saturated rings. The average molecular weight is 858 g/mol. The summed E-state index contributed by atoms with van der Waals surface area (Å²) in [6, 6.07) is 95.2. The number of anilines is 3. The van der Waals surface area contributed by atoms with Gasteiger partial charge < -0.3 is 4.90 Å². The van der Waals surface area contributed by atoms with Gasteiger partial charge in [0.1, 0.15) is 0 Å². The molecule has 310 valence electrons. The first kappa shape index (κ1) is 39.3. The van der Waals surface area contributed by atoms with Gasteiger partial charge in [-0.3, -0.25) is 0 Å². The summed E-state index contributed by atoms with van der Waals surface area (Å²) in [6.45, 7) is 0. The van der Waals surface area contributed by atoms with Crippen LogP contribution in [0.15, 0.2) is 261 Å². The Bertz CT molecular complexity index is 3680. The van der Waals surface area contributed by atoms with Crippen molar-refractivity contribution in [3.63, 3.8) is 0 Å². The standard InChI is InChI=1S/C64H43NS/c1-2-15-49(16-3-1)55-18-6-7-19-56(55)57-20-8-9-21-58(57)59-22-10-12-24-62(59)65(54-39-34-48(35-40-54)52-36-41-64-61(43-52)60-23-11-13-25-63(60)66-64)53-37-32-46(33-38-53)45-26-28-47(29-27-45)51-31-30-44-14-4-5-17-50(44)42-51/h1-43H. The van der Waals surface area contributed by atoms with Crippen LogP contribution in [0.1, 0.15) is 0 Å². The molecule has 1 heterocycles. The number of thiophene rings is 1. The van der Waals surface area contributed by atoms with E-state index in [0.29, 0.717) is 0 Å². The lowest BCUT2D eigenvalue weighted by Gasteiger charge is -2.29. The molecule has 0 N–H and O–H groups in total. The molecule has 0 atom stereocenters. The Labute approximate surface area is 389 Å².